The Hall–Kier alpha value is -2.16. The molecule has 3 nitrogen and oxygen atoms in total. The van der Waals surface area contributed by atoms with Gasteiger partial charge in [-0.25, -0.2) is 4.79 Å². The zero-order chi connectivity index (χ0) is 15.9. The van der Waals surface area contributed by atoms with Crippen LogP contribution in [0.25, 0.3) is 10.8 Å². The van der Waals surface area contributed by atoms with Crippen LogP contribution in [0.15, 0.2) is 36.4 Å². The average Bonchev–Trinajstić information content (AvgIpc) is 2.56. The Morgan fingerprint density at radius 3 is 2.64 bits per heavy atom. The molecule has 0 aromatic heterocycles. The fourth-order valence-electron chi connectivity index (χ4n) is 2.66. The van der Waals surface area contributed by atoms with Crippen molar-refractivity contribution in [2.45, 2.75) is 38.5 Å². The van der Waals surface area contributed by atoms with Crippen LogP contribution in [0.4, 0.5) is 0 Å². The van der Waals surface area contributed by atoms with Gasteiger partial charge in [0.15, 0.2) is 0 Å². The second kappa shape index (κ2) is 7.74. The quantitative estimate of drug-likeness (QED) is 0.430. The van der Waals surface area contributed by atoms with Crippen molar-refractivity contribution in [3.8, 4) is 0 Å². The highest BCUT2D eigenvalue weighted by Crippen LogP contribution is 2.26. The first-order chi connectivity index (χ1) is 10.7. The van der Waals surface area contributed by atoms with Crippen LogP contribution in [0.3, 0.4) is 0 Å². The van der Waals surface area contributed by atoms with E-state index in [1.807, 2.05) is 12.1 Å². The van der Waals surface area contributed by atoms with Gasteiger partial charge in [-0.2, -0.15) is 0 Å². The van der Waals surface area contributed by atoms with Crippen molar-refractivity contribution in [1.29, 1.82) is 0 Å². The molecule has 1 atom stereocenters. The van der Waals surface area contributed by atoms with Crippen molar-refractivity contribution in [2.75, 3.05) is 7.11 Å². The first-order valence-electron chi connectivity index (χ1n) is 7.71. The summed E-state index contributed by atoms with van der Waals surface area (Å²) in [5.41, 5.74) is 1.84. The fraction of sp³-hybridized carbons (Fsp3) is 0.368. The minimum absolute atomic E-state index is 0.311. The molecule has 2 aromatic carbocycles. The van der Waals surface area contributed by atoms with E-state index in [0.29, 0.717) is 17.9 Å². The lowest BCUT2D eigenvalue weighted by atomic mass is 9.93. The number of methoxy groups -OCH3 is 1. The largest absolute Gasteiger partial charge is 0.465 e. The van der Waals surface area contributed by atoms with Gasteiger partial charge in [-0.3, -0.25) is 0 Å². The van der Waals surface area contributed by atoms with E-state index in [1.165, 1.54) is 12.7 Å². The Balaban J connectivity index is 2.17. The summed E-state index contributed by atoms with van der Waals surface area (Å²) in [5, 5.41) is 2.17. The number of hydrogen-bond donors (Lipinski definition) is 0. The van der Waals surface area contributed by atoms with Crippen molar-refractivity contribution in [3.05, 3.63) is 47.5 Å². The number of hydrogen-bond acceptors (Lipinski definition) is 3. The lowest BCUT2D eigenvalue weighted by Gasteiger charge is -2.13. The van der Waals surface area contributed by atoms with E-state index in [-0.39, 0.29) is 5.97 Å². The molecule has 1 unspecified atom stereocenters. The molecule has 3 heteroatoms. The van der Waals surface area contributed by atoms with Gasteiger partial charge in [0.2, 0.25) is 0 Å². The minimum atomic E-state index is -0.311. The molecule has 0 aliphatic carbocycles. The number of carbonyl (C=O) groups excluding carboxylic acids is 2. The van der Waals surface area contributed by atoms with Gasteiger partial charge in [0.25, 0.3) is 0 Å². The van der Waals surface area contributed by atoms with Crippen LogP contribution in [0.5, 0.6) is 0 Å². The van der Waals surface area contributed by atoms with Gasteiger partial charge in [0.1, 0.15) is 6.29 Å². The van der Waals surface area contributed by atoms with Gasteiger partial charge >= 0.3 is 5.97 Å². The topological polar surface area (TPSA) is 43.4 Å². The number of unbranched alkanes of at least 4 members (excludes halogenated alkanes) is 2. The summed E-state index contributed by atoms with van der Waals surface area (Å²) in [6, 6.07) is 12.0. The van der Waals surface area contributed by atoms with E-state index in [1.54, 1.807) is 6.07 Å². The number of ether oxygens (including phenoxy) is 1. The smallest absolute Gasteiger partial charge is 0.337 e. The zero-order valence-electron chi connectivity index (χ0n) is 13.2. The molecule has 0 spiro atoms. The van der Waals surface area contributed by atoms with Crippen molar-refractivity contribution >= 4 is 23.0 Å². The predicted molar refractivity (Wildman–Crippen MR) is 88.2 cm³/mol. The molecular formula is C19H22O3. The number of esters is 1. The third-order valence-electron chi connectivity index (χ3n) is 4.06. The van der Waals surface area contributed by atoms with Crippen LogP contribution in [0, 0.1) is 0 Å². The van der Waals surface area contributed by atoms with Crippen LogP contribution in [-0.4, -0.2) is 19.4 Å². The van der Waals surface area contributed by atoms with Crippen LogP contribution in [0.1, 0.15) is 54.4 Å². The summed E-state index contributed by atoms with van der Waals surface area (Å²) < 4.78 is 4.77. The van der Waals surface area contributed by atoms with Gasteiger partial charge in [-0.05, 0) is 47.2 Å². The number of carbonyl (C=O) groups is 2. The second-order valence-corrected chi connectivity index (χ2v) is 5.67. The number of benzene rings is 2. The molecule has 0 heterocycles. The SMILES string of the molecule is COC(=O)c1ccc2ccc(C(C)CCCCC=O)cc2c1. The first kappa shape index (κ1) is 16.2. The van der Waals surface area contributed by atoms with Crippen molar-refractivity contribution in [3.63, 3.8) is 0 Å². The summed E-state index contributed by atoms with van der Waals surface area (Å²) in [4.78, 5) is 22.0. The summed E-state index contributed by atoms with van der Waals surface area (Å²) >= 11 is 0. The average molecular weight is 298 g/mol. The molecule has 2 rings (SSSR count). The highest BCUT2D eigenvalue weighted by Gasteiger charge is 2.09. The van der Waals surface area contributed by atoms with Crippen LogP contribution in [0.2, 0.25) is 0 Å². The molecule has 2 aromatic rings. The molecule has 116 valence electrons. The van der Waals surface area contributed by atoms with E-state index < -0.39 is 0 Å². The second-order valence-electron chi connectivity index (χ2n) is 5.67. The summed E-state index contributed by atoms with van der Waals surface area (Å²) in [7, 11) is 1.39. The van der Waals surface area contributed by atoms with E-state index in [2.05, 4.69) is 25.1 Å². The van der Waals surface area contributed by atoms with Crippen molar-refractivity contribution < 1.29 is 14.3 Å². The fourth-order valence-corrected chi connectivity index (χ4v) is 2.66. The van der Waals surface area contributed by atoms with Crippen LogP contribution in [-0.2, 0) is 9.53 Å². The molecule has 0 saturated carbocycles. The highest BCUT2D eigenvalue weighted by molar-refractivity contribution is 5.95. The minimum Gasteiger partial charge on any atom is -0.465 e. The molecule has 0 bridgehead atoms. The summed E-state index contributed by atoms with van der Waals surface area (Å²) in [6.07, 6.45) is 4.70. The summed E-state index contributed by atoms with van der Waals surface area (Å²) in [6.45, 7) is 2.20. The Morgan fingerprint density at radius 2 is 1.91 bits per heavy atom. The third kappa shape index (κ3) is 3.94. The molecule has 0 radical (unpaired) electrons. The van der Waals surface area contributed by atoms with Gasteiger partial charge in [0, 0.05) is 6.42 Å². The Kier molecular flexibility index (Phi) is 5.70. The van der Waals surface area contributed by atoms with Crippen LogP contribution >= 0.6 is 0 Å². The Labute approximate surface area is 131 Å². The molecule has 22 heavy (non-hydrogen) atoms. The lowest BCUT2D eigenvalue weighted by Crippen LogP contribution is -2.00. The third-order valence-corrected chi connectivity index (χ3v) is 4.06. The monoisotopic (exact) mass is 298 g/mol. The van der Waals surface area contributed by atoms with Gasteiger partial charge < -0.3 is 9.53 Å². The zero-order valence-corrected chi connectivity index (χ0v) is 13.2. The summed E-state index contributed by atoms with van der Waals surface area (Å²) in [5.74, 6) is 0.132. The first-order valence-corrected chi connectivity index (χ1v) is 7.71. The van der Waals surface area contributed by atoms with E-state index >= 15 is 0 Å². The molecule has 0 aliphatic rings. The normalized spacial score (nSPS) is 12.1. The Bertz CT molecular complexity index is 661. The highest BCUT2D eigenvalue weighted by atomic mass is 16.5. The molecule has 0 amide bonds. The van der Waals surface area contributed by atoms with Crippen molar-refractivity contribution in [1.82, 2.24) is 0 Å². The molecule has 0 N–H and O–H groups in total. The van der Waals surface area contributed by atoms with Crippen LogP contribution < -0.4 is 0 Å². The van der Waals surface area contributed by atoms with E-state index in [4.69, 9.17) is 4.74 Å². The number of fused-ring (bicyclic) bond motifs is 1. The van der Waals surface area contributed by atoms with Gasteiger partial charge in [-0.1, -0.05) is 37.6 Å². The van der Waals surface area contributed by atoms with Crippen molar-refractivity contribution in [2.24, 2.45) is 0 Å². The van der Waals surface area contributed by atoms with E-state index in [9.17, 15) is 9.59 Å². The molecule has 0 fully saturated rings. The predicted octanol–water partition coefficient (Wildman–Crippen LogP) is 4.49. The Morgan fingerprint density at radius 1 is 1.14 bits per heavy atom. The maximum absolute atomic E-state index is 11.6. The number of aldehydes is 1. The lowest BCUT2D eigenvalue weighted by molar-refractivity contribution is -0.107. The van der Waals surface area contributed by atoms with Gasteiger partial charge in [-0.15, -0.1) is 0 Å². The van der Waals surface area contributed by atoms with E-state index in [0.717, 1.165) is 36.3 Å². The molecule has 0 aliphatic heterocycles. The van der Waals surface area contributed by atoms with Gasteiger partial charge in [0.05, 0.1) is 12.7 Å². The standard InChI is InChI=1S/C19H22O3/c1-14(6-4-3-5-11-20)16-9-7-15-8-10-17(19(21)22-2)13-18(15)12-16/h7-14H,3-6H2,1-2H3. The number of rotatable bonds is 7. The maximum atomic E-state index is 11.6. The molecule has 0 saturated heterocycles. The maximum Gasteiger partial charge on any atom is 0.337 e. The molecular weight excluding hydrogens is 276 g/mol.